The van der Waals surface area contributed by atoms with Gasteiger partial charge in [-0.05, 0) is 18.2 Å². The average molecular weight is 254 g/mol. The van der Waals surface area contributed by atoms with Gasteiger partial charge in [0.15, 0.2) is 0 Å². The minimum atomic E-state index is 0.623. The first kappa shape index (κ1) is 10.8. The molecule has 0 aliphatic rings. The van der Waals surface area contributed by atoms with Crippen molar-refractivity contribution in [1.29, 1.82) is 0 Å². The van der Waals surface area contributed by atoms with Crippen molar-refractivity contribution in [2.45, 2.75) is 0 Å². The summed E-state index contributed by atoms with van der Waals surface area (Å²) in [6.45, 7) is 0. The first-order valence-electron chi connectivity index (χ1n) is 5.38. The molecule has 0 aromatic carbocycles. The van der Waals surface area contributed by atoms with Gasteiger partial charge in [-0.2, -0.15) is 0 Å². The van der Waals surface area contributed by atoms with Gasteiger partial charge in [-0.3, -0.25) is 4.98 Å². The highest BCUT2D eigenvalue weighted by Crippen LogP contribution is 2.24. The van der Waals surface area contributed by atoms with Crippen LogP contribution in [0.3, 0.4) is 0 Å². The lowest BCUT2D eigenvalue weighted by atomic mass is 10.2. The Morgan fingerprint density at radius 3 is 2.94 bits per heavy atom. The van der Waals surface area contributed by atoms with E-state index in [-0.39, 0.29) is 0 Å². The van der Waals surface area contributed by atoms with E-state index in [1.165, 1.54) is 0 Å². The summed E-state index contributed by atoms with van der Waals surface area (Å²) in [5.74, 6) is 6.02. The van der Waals surface area contributed by atoms with E-state index < -0.39 is 0 Å². The highest BCUT2D eigenvalue weighted by Gasteiger charge is 2.05. The van der Waals surface area contributed by atoms with Crippen molar-refractivity contribution in [3.63, 3.8) is 0 Å². The Morgan fingerprint density at radius 1 is 1.17 bits per heavy atom. The van der Waals surface area contributed by atoms with Gasteiger partial charge in [-0.25, -0.2) is 4.98 Å². The fourth-order valence-electron chi connectivity index (χ4n) is 1.64. The number of hydrogen-bond donors (Lipinski definition) is 1. The molecule has 0 unspecified atom stereocenters. The van der Waals surface area contributed by atoms with Crippen LogP contribution >= 0.6 is 11.6 Å². The molecule has 3 aromatic rings. The number of halogens is 1. The van der Waals surface area contributed by atoms with Gasteiger partial charge < -0.3 is 4.98 Å². The van der Waals surface area contributed by atoms with Gasteiger partial charge >= 0.3 is 0 Å². The summed E-state index contributed by atoms with van der Waals surface area (Å²) in [5.41, 5.74) is 2.34. The van der Waals surface area contributed by atoms with Crippen molar-refractivity contribution < 1.29 is 0 Å². The van der Waals surface area contributed by atoms with Crippen molar-refractivity contribution in [2.24, 2.45) is 0 Å². The SMILES string of the molecule is Clc1c(C#Cc2cccnc2)cnc2[nH]ccc12. The van der Waals surface area contributed by atoms with Crippen molar-refractivity contribution in [1.82, 2.24) is 15.0 Å². The predicted molar refractivity (Wildman–Crippen MR) is 71.3 cm³/mol. The molecule has 0 atom stereocenters. The molecule has 3 heterocycles. The monoisotopic (exact) mass is 253 g/mol. The number of H-pyrrole nitrogens is 1. The summed E-state index contributed by atoms with van der Waals surface area (Å²) in [7, 11) is 0. The maximum Gasteiger partial charge on any atom is 0.138 e. The van der Waals surface area contributed by atoms with Crippen LogP contribution < -0.4 is 0 Å². The molecule has 0 spiro atoms. The van der Waals surface area contributed by atoms with Gasteiger partial charge in [0.05, 0.1) is 10.6 Å². The quantitative estimate of drug-likeness (QED) is 0.626. The minimum absolute atomic E-state index is 0.623. The Hall–Kier alpha value is -2.31. The fourth-order valence-corrected chi connectivity index (χ4v) is 1.89. The molecule has 1 N–H and O–H groups in total. The molecule has 3 aromatic heterocycles. The van der Waals surface area contributed by atoms with Crippen LogP contribution in [-0.4, -0.2) is 15.0 Å². The fraction of sp³-hybridized carbons (Fsp3) is 0. The zero-order valence-electron chi connectivity index (χ0n) is 9.31. The first-order valence-corrected chi connectivity index (χ1v) is 5.76. The molecule has 0 aliphatic carbocycles. The molecule has 0 fully saturated rings. The molecular formula is C14H8ClN3. The lowest BCUT2D eigenvalue weighted by molar-refractivity contribution is 1.31. The number of fused-ring (bicyclic) bond motifs is 1. The van der Waals surface area contributed by atoms with Crippen LogP contribution in [-0.2, 0) is 0 Å². The molecule has 18 heavy (non-hydrogen) atoms. The number of nitrogens with zero attached hydrogens (tertiary/aromatic N) is 2. The van der Waals surface area contributed by atoms with Gasteiger partial charge in [0.25, 0.3) is 0 Å². The number of pyridine rings is 2. The number of hydrogen-bond acceptors (Lipinski definition) is 2. The molecule has 86 valence electrons. The van der Waals surface area contributed by atoms with Gasteiger partial charge in [-0.1, -0.05) is 23.4 Å². The highest BCUT2D eigenvalue weighted by molar-refractivity contribution is 6.36. The normalized spacial score (nSPS) is 10.1. The van der Waals surface area contributed by atoms with Crippen molar-refractivity contribution in [3.8, 4) is 11.8 Å². The largest absolute Gasteiger partial charge is 0.346 e. The maximum absolute atomic E-state index is 6.27. The summed E-state index contributed by atoms with van der Waals surface area (Å²) in [6.07, 6.45) is 6.90. The van der Waals surface area contributed by atoms with Crippen LogP contribution in [0.1, 0.15) is 11.1 Å². The van der Waals surface area contributed by atoms with E-state index in [9.17, 15) is 0 Å². The lowest BCUT2D eigenvalue weighted by Crippen LogP contribution is -1.83. The Bertz CT molecular complexity index is 751. The Labute approximate surface area is 109 Å². The summed E-state index contributed by atoms with van der Waals surface area (Å²) in [5, 5.41) is 1.51. The third-order valence-electron chi connectivity index (χ3n) is 2.52. The van der Waals surface area contributed by atoms with Crippen molar-refractivity contribution in [3.05, 3.63) is 59.1 Å². The summed E-state index contributed by atoms with van der Waals surface area (Å²) in [4.78, 5) is 11.3. The van der Waals surface area contributed by atoms with E-state index in [0.29, 0.717) is 10.6 Å². The zero-order valence-corrected chi connectivity index (χ0v) is 10.1. The molecule has 0 saturated heterocycles. The third-order valence-corrected chi connectivity index (χ3v) is 2.93. The molecule has 0 aliphatic heterocycles. The molecular weight excluding hydrogens is 246 g/mol. The molecule has 4 heteroatoms. The number of nitrogens with one attached hydrogen (secondary N) is 1. The Kier molecular flexibility index (Phi) is 2.71. The third kappa shape index (κ3) is 1.94. The second-order valence-electron chi connectivity index (χ2n) is 3.72. The first-order chi connectivity index (χ1) is 8.84. The molecule has 0 amide bonds. The minimum Gasteiger partial charge on any atom is -0.346 e. The van der Waals surface area contributed by atoms with Crippen LogP contribution in [0.25, 0.3) is 11.0 Å². The topological polar surface area (TPSA) is 41.6 Å². The van der Waals surface area contributed by atoms with E-state index in [1.54, 1.807) is 18.6 Å². The Balaban J connectivity index is 2.06. The summed E-state index contributed by atoms with van der Waals surface area (Å²) >= 11 is 6.27. The van der Waals surface area contributed by atoms with Gasteiger partial charge in [0.1, 0.15) is 5.65 Å². The average Bonchev–Trinajstić information content (AvgIpc) is 2.88. The van der Waals surface area contributed by atoms with E-state index >= 15 is 0 Å². The second kappa shape index (κ2) is 4.52. The van der Waals surface area contributed by atoms with Crippen LogP contribution in [0.4, 0.5) is 0 Å². The van der Waals surface area contributed by atoms with E-state index in [2.05, 4.69) is 26.8 Å². The molecule has 0 bridgehead atoms. The number of aromatic nitrogens is 3. The zero-order chi connectivity index (χ0) is 12.4. The predicted octanol–water partition coefficient (Wildman–Crippen LogP) is 3.01. The van der Waals surface area contributed by atoms with Crippen molar-refractivity contribution >= 4 is 22.6 Å². The van der Waals surface area contributed by atoms with E-state index in [4.69, 9.17) is 11.6 Å². The number of aromatic amines is 1. The Morgan fingerprint density at radius 2 is 2.11 bits per heavy atom. The molecule has 3 nitrogen and oxygen atoms in total. The molecule has 0 saturated carbocycles. The van der Waals surface area contributed by atoms with Gasteiger partial charge in [-0.15, -0.1) is 0 Å². The summed E-state index contributed by atoms with van der Waals surface area (Å²) < 4.78 is 0. The maximum atomic E-state index is 6.27. The van der Waals surface area contributed by atoms with Crippen LogP contribution in [0, 0.1) is 11.8 Å². The standard InChI is InChI=1S/C14H8ClN3/c15-13-11(4-3-10-2-1-6-16-8-10)9-18-14-12(13)5-7-17-14/h1-2,5-9H,(H,17,18). The number of rotatable bonds is 0. The van der Waals surface area contributed by atoms with E-state index in [0.717, 1.165) is 16.6 Å². The molecule has 3 rings (SSSR count). The van der Waals surface area contributed by atoms with Gasteiger partial charge in [0.2, 0.25) is 0 Å². The highest BCUT2D eigenvalue weighted by atomic mass is 35.5. The van der Waals surface area contributed by atoms with Gasteiger partial charge in [0, 0.05) is 35.7 Å². The second-order valence-corrected chi connectivity index (χ2v) is 4.10. The van der Waals surface area contributed by atoms with Crippen molar-refractivity contribution in [2.75, 3.05) is 0 Å². The van der Waals surface area contributed by atoms with Crippen LogP contribution in [0.2, 0.25) is 5.02 Å². The smallest absolute Gasteiger partial charge is 0.138 e. The van der Waals surface area contributed by atoms with Crippen LogP contribution in [0.5, 0.6) is 0 Å². The van der Waals surface area contributed by atoms with Crippen LogP contribution in [0.15, 0.2) is 43.0 Å². The van der Waals surface area contributed by atoms with E-state index in [1.807, 2.05) is 24.4 Å². The summed E-state index contributed by atoms with van der Waals surface area (Å²) in [6, 6.07) is 5.63. The molecule has 0 radical (unpaired) electrons. The lowest BCUT2D eigenvalue weighted by Gasteiger charge is -1.96.